The van der Waals surface area contributed by atoms with Crippen LogP contribution < -0.4 is 10.6 Å². The zero-order chi connectivity index (χ0) is 15.7. The Bertz CT molecular complexity index is 691. The van der Waals surface area contributed by atoms with Crippen LogP contribution in [-0.2, 0) is 5.92 Å². The quantitative estimate of drug-likeness (QED) is 0.809. The number of H-pyrrole nitrogens is 1. The number of amides is 2. The van der Waals surface area contributed by atoms with Crippen LogP contribution in [0.25, 0.3) is 0 Å². The minimum Gasteiger partial charge on any atom is -0.305 e. The molecule has 116 valence electrons. The van der Waals surface area contributed by atoms with Crippen LogP contribution in [0.2, 0.25) is 0 Å². The Kier molecular flexibility index (Phi) is 3.51. The maximum Gasteiger partial charge on any atom is 0.324 e. The van der Waals surface area contributed by atoms with Gasteiger partial charge in [-0.2, -0.15) is 13.9 Å². The van der Waals surface area contributed by atoms with Gasteiger partial charge < -0.3 is 5.32 Å². The maximum atomic E-state index is 13.2. The lowest BCUT2D eigenvalue weighted by atomic mass is 10.2. The second-order valence-corrected chi connectivity index (χ2v) is 5.35. The first-order chi connectivity index (χ1) is 10.4. The van der Waals surface area contributed by atoms with Gasteiger partial charge in [-0.15, -0.1) is 0 Å². The predicted octanol–water partition coefficient (Wildman–Crippen LogP) is 3.44. The summed E-state index contributed by atoms with van der Waals surface area (Å²) in [6.45, 7) is 0.757. The van der Waals surface area contributed by atoms with E-state index in [9.17, 15) is 13.6 Å². The van der Waals surface area contributed by atoms with E-state index >= 15 is 0 Å². The van der Waals surface area contributed by atoms with E-state index in [-0.39, 0.29) is 5.82 Å². The van der Waals surface area contributed by atoms with Crippen molar-refractivity contribution in [2.24, 2.45) is 0 Å². The number of urea groups is 1. The number of alkyl halides is 2. The van der Waals surface area contributed by atoms with Gasteiger partial charge in [-0.25, -0.2) is 9.78 Å². The van der Waals surface area contributed by atoms with Crippen LogP contribution in [0.5, 0.6) is 0 Å². The molecule has 2 aromatic rings. The van der Waals surface area contributed by atoms with E-state index in [1.165, 1.54) is 24.4 Å². The second-order valence-electron chi connectivity index (χ2n) is 5.35. The topological polar surface area (TPSA) is 82.7 Å². The minimum atomic E-state index is -3.06. The lowest BCUT2D eigenvalue weighted by Crippen LogP contribution is -2.21. The number of hydrogen-bond donors (Lipinski definition) is 3. The van der Waals surface area contributed by atoms with Gasteiger partial charge in [-0.3, -0.25) is 10.4 Å². The summed E-state index contributed by atoms with van der Waals surface area (Å²) in [5.74, 6) is -2.59. The van der Waals surface area contributed by atoms with Gasteiger partial charge in [0.1, 0.15) is 11.5 Å². The van der Waals surface area contributed by atoms with Gasteiger partial charge in [-0.1, -0.05) is 6.07 Å². The van der Waals surface area contributed by atoms with Crippen LogP contribution in [0.3, 0.4) is 0 Å². The van der Waals surface area contributed by atoms with E-state index in [1.54, 1.807) is 0 Å². The lowest BCUT2D eigenvalue weighted by Gasteiger charge is -2.11. The fourth-order valence-electron chi connectivity index (χ4n) is 2.10. The standard InChI is InChI=1S/C14H15F2N5O/c1-14(15,16)10-3-2-4-11(19-10)20-13(22)18-9-7-17-21-12(9)8-5-6-8/h2-4,7-8H,5-6H2,1H3,(H,17,21)(H2,18,19,20,22). The van der Waals surface area contributed by atoms with E-state index in [0.717, 1.165) is 25.5 Å². The molecule has 0 radical (unpaired) electrons. The zero-order valence-electron chi connectivity index (χ0n) is 11.9. The molecule has 2 heterocycles. The largest absolute Gasteiger partial charge is 0.324 e. The smallest absolute Gasteiger partial charge is 0.305 e. The molecule has 3 N–H and O–H groups in total. The van der Waals surface area contributed by atoms with Crippen molar-refractivity contribution in [3.05, 3.63) is 35.8 Å². The van der Waals surface area contributed by atoms with Crippen molar-refractivity contribution in [1.29, 1.82) is 0 Å². The lowest BCUT2D eigenvalue weighted by molar-refractivity contribution is 0.0129. The summed E-state index contributed by atoms with van der Waals surface area (Å²) < 4.78 is 26.4. The summed E-state index contributed by atoms with van der Waals surface area (Å²) in [5.41, 5.74) is 1.08. The highest BCUT2D eigenvalue weighted by Gasteiger charge is 2.29. The highest BCUT2D eigenvalue weighted by Crippen LogP contribution is 2.42. The molecule has 3 rings (SSSR count). The highest BCUT2D eigenvalue weighted by molar-refractivity contribution is 5.99. The van der Waals surface area contributed by atoms with E-state index < -0.39 is 17.6 Å². The molecule has 0 atom stereocenters. The fourth-order valence-corrected chi connectivity index (χ4v) is 2.10. The number of aromatic amines is 1. The van der Waals surface area contributed by atoms with Gasteiger partial charge in [0.25, 0.3) is 5.92 Å². The van der Waals surface area contributed by atoms with Crippen LogP contribution in [0.4, 0.5) is 25.1 Å². The Balaban J connectivity index is 1.68. The van der Waals surface area contributed by atoms with Crippen molar-refractivity contribution >= 4 is 17.5 Å². The van der Waals surface area contributed by atoms with Gasteiger partial charge in [-0.05, 0) is 25.0 Å². The highest BCUT2D eigenvalue weighted by atomic mass is 19.3. The third-order valence-electron chi connectivity index (χ3n) is 3.34. The van der Waals surface area contributed by atoms with E-state index in [4.69, 9.17) is 0 Å². The van der Waals surface area contributed by atoms with Crippen molar-refractivity contribution in [1.82, 2.24) is 15.2 Å². The Hall–Kier alpha value is -2.51. The SMILES string of the molecule is CC(F)(F)c1cccc(NC(=O)Nc2cn[nH]c2C2CC2)n1. The van der Waals surface area contributed by atoms with Crippen LogP contribution in [0.15, 0.2) is 24.4 Å². The molecule has 2 amide bonds. The molecular formula is C14H15F2N5O. The zero-order valence-corrected chi connectivity index (χ0v) is 11.9. The Labute approximate surface area is 125 Å². The molecule has 1 aliphatic rings. The van der Waals surface area contributed by atoms with Gasteiger partial charge in [0.15, 0.2) is 0 Å². The first-order valence-corrected chi connectivity index (χ1v) is 6.90. The van der Waals surface area contributed by atoms with Gasteiger partial charge in [0.05, 0.1) is 17.6 Å². The monoisotopic (exact) mass is 307 g/mol. The third kappa shape index (κ3) is 3.21. The summed E-state index contributed by atoms with van der Waals surface area (Å²) in [6.07, 6.45) is 3.65. The number of nitrogens with zero attached hydrogens (tertiary/aromatic N) is 2. The number of pyridine rings is 1. The molecule has 0 aliphatic heterocycles. The Morgan fingerprint density at radius 2 is 2.14 bits per heavy atom. The average Bonchev–Trinajstić information content (AvgIpc) is 3.19. The van der Waals surface area contributed by atoms with Crippen LogP contribution in [0, 0.1) is 0 Å². The molecule has 0 unspecified atom stereocenters. The van der Waals surface area contributed by atoms with Crippen molar-refractivity contribution in [2.45, 2.75) is 31.6 Å². The van der Waals surface area contributed by atoms with Crippen molar-refractivity contribution < 1.29 is 13.6 Å². The molecule has 8 heteroatoms. The van der Waals surface area contributed by atoms with Gasteiger partial charge in [0.2, 0.25) is 0 Å². The third-order valence-corrected chi connectivity index (χ3v) is 3.34. The predicted molar refractivity (Wildman–Crippen MR) is 77.0 cm³/mol. The molecule has 0 spiro atoms. The molecule has 0 aromatic carbocycles. The number of rotatable bonds is 4. The first-order valence-electron chi connectivity index (χ1n) is 6.90. The molecule has 0 saturated heterocycles. The number of carbonyl (C=O) groups is 1. The number of halogens is 2. The fraction of sp³-hybridized carbons (Fsp3) is 0.357. The Morgan fingerprint density at radius 3 is 2.82 bits per heavy atom. The van der Waals surface area contributed by atoms with E-state index in [0.29, 0.717) is 11.6 Å². The molecule has 2 aromatic heterocycles. The maximum absolute atomic E-state index is 13.2. The summed E-state index contributed by atoms with van der Waals surface area (Å²) in [4.78, 5) is 15.7. The van der Waals surface area contributed by atoms with E-state index in [1.807, 2.05) is 0 Å². The van der Waals surface area contributed by atoms with Crippen molar-refractivity contribution in [3.63, 3.8) is 0 Å². The minimum absolute atomic E-state index is 0.0630. The average molecular weight is 307 g/mol. The number of carbonyl (C=O) groups excluding carboxylic acids is 1. The van der Waals surface area contributed by atoms with Crippen LogP contribution in [-0.4, -0.2) is 21.2 Å². The first kappa shape index (κ1) is 14.4. The molecule has 1 fully saturated rings. The summed E-state index contributed by atoms with van der Waals surface area (Å²) in [5, 5.41) is 11.9. The van der Waals surface area contributed by atoms with Crippen LogP contribution in [0.1, 0.15) is 37.1 Å². The van der Waals surface area contributed by atoms with Crippen LogP contribution >= 0.6 is 0 Å². The number of aromatic nitrogens is 3. The normalized spacial score (nSPS) is 14.7. The molecule has 1 saturated carbocycles. The molecule has 1 aliphatic carbocycles. The molecule has 6 nitrogen and oxygen atoms in total. The second kappa shape index (κ2) is 5.36. The molecular weight excluding hydrogens is 292 g/mol. The number of nitrogens with one attached hydrogen (secondary N) is 3. The number of hydrogen-bond acceptors (Lipinski definition) is 3. The van der Waals surface area contributed by atoms with E-state index in [2.05, 4.69) is 25.8 Å². The van der Waals surface area contributed by atoms with Crippen molar-refractivity contribution in [3.8, 4) is 0 Å². The van der Waals surface area contributed by atoms with Crippen molar-refractivity contribution in [2.75, 3.05) is 10.6 Å². The van der Waals surface area contributed by atoms with Gasteiger partial charge >= 0.3 is 6.03 Å². The summed E-state index contributed by atoms with van der Waals surface area (Å²) >= 11 is 0. The van der Waals surface area contributed by atoms with Gasteiger partial charge in [0, 0.05) is 12.8 Å². The molecule has 0 bridgehead atoms. The summed E-state index contributed by atoms with van der Waals surface area (Å²) in [6, 6.07) is 3.53. The Morgan fingerprint density at radius 1 is 1.36 bits per heavy atom. The number of anilines is 2. The molecule has 22 heavy (non-hydrogen) atoms. The summed E-state index contributed by atoms with van der Waals surface area (Å²) in [7, 11) is 0.